The van der Waals surface area contributed by atoms with Gasteiger partial charge in [0.1, 0.15) is 23.8 Å². The van der Waals surface area contributed by atoms with Gasteiger partial charge in [0.05, 0.1) is 18.8 Å². The van der Waals surface area contributed by atoms with Crippen LogP contribution in [0, 0.1) is 6.92 Å². The predicted octanol–water partition coefficient (Wildman–Crippen LogP) is 5.20. The van der Waals surface area contributed by atoms with Crippen molar-refractivity contribution in [1.29, 1.82) is 0 Å². The van der Waals surface area contributed by atoms with Gasteiger partial charge in [-0.2, -0.15) is 0 Å². The van der Waals surface area contributed by atoms with Gasteiger partial charge < -0.3 is 38.5 Å². The molecule has 0 fully saturated rings. The molecule has 4 rings (SSSR count). The van der Waals surface area contributed by atoms with Gasteiger partial charge in [0, 0.05) is 26.3 Å². The Hall–Kier alpha value is -4.18. The number of carbonyl (C=O) groups excluding carboxylic acids is 2. The molecule has 0 saturated carbocycles. The topological polar surface area (TPSA) is 103 Å². The van der Waals surface area contributed by atoms with Crippen LogP contribution >= 0.6 is 0 Å². The first-order valence-corrected chi connectivity index (χ1v) is 13.5. The zero-order valence-corrected chi connectivity index (χ0v) is 23.3. The summed E-state index contributed by atoms with van der Waals surface area (Å²) in [5.74, 6) is 3.07. The third-order valence-electron chi connectivity index (χ3n) is 6.27. The molecule has 3 aromatic rings. The Morgan fingerprint density at radius 3 is 2.55 bits per heavy atom. The molecule has 0 radical (unpaired) electrons. The normalized spacial score (nSPS) is 11.8. The second kappa shape index (κ2) is 14.3. The number of hydrogen-bond acceptors (Lipinski definition) is 7. The third-order valence-corrected chi connectivity index (χ3v) is 6.27. The number of urea groups is 1. The van der Waals surface area contributed by atoms with E-state index < -0.39 is 6.03 Å². The number of fused-ring (bicyclic) bond motifs is 1. The number of nitrogens with one attached hydrogen (secondary N) is 1. The van der Waals surface area contributed by atoms with Gasteiger partial charge in [-0.15, -0.1) is 0 Å². The number of ether oxygens (including phenoxy) is 4. The van der Waals surface area contributed by atoms with Crippen molar-refractivity contribution in [3.8, 4) is 17.2 Å². The van der Waals surface area contributed by atoms with Crippen molar-refractivity contribution < 1.29 is 33.0 Å². The quantitative estimate of drug-likeness (QED) is 0.275. The SMILES string of the molecule is CCOCCCN(CC(=O)N(Cc1ccc2c(c1)OCO2)Cc1ccc(C)o1)C(=O)Nc1ccccc1OCC. The lowest BCUT2D eigenvalue weighted by atomic mass is 10.2. The summed E-state index contributed by atoms with van der Waals surface area (Å²) >= 11 is 0. The van der Waals surface area contributed by atoms with E-state index in [1.54, 1.807) is 17.0 Å². The van der Waals surface area contributed by atoms with Crippen molar-refractivity contribution in [3.05, 3.63) is 71.7 Å². The maximum absolute atomic E-state index is 13.8. The van der Waals surface area contributed by atoms with Gasteiger partial charge in [-0.05, 0) is 69.2 Å². The second-order valence-corrected chi connectivity index (χ2v) is 9.28. The standard InChI is InChI=1S/C30H37N3O7/c1-4-36-16-8-15-32(30(35)31-25-9-6-7-10-26(25)37-5-2)20-29(34)33(19-24-13-11-22(3)40-24)18-23-12-14-27-28(17-23)39-21-38-27/h6-7,9-14,17H,4-5,8,15-16,18-21H2,1-3H3,(H,31,35). The van der Waals surface area contributed by atoms with E-state index in [4.69, 9.17) is 23.4 Å². The molecule has 40 heavy (non-hydrogen) atoms. The van der Waals surface area contributed by atoms with Crippen LogP contribution in [0.25, 0.3) is 0 Å². The van der Waals surface area contributed by atoms with E-state index in [1.165, 1.54) is 4.90 Å². The first-order valence-electron chi connectivity index (χ1n) is 13.5. The number of furan rings is 1. The summed E-state index contributed by atoms with van der Waals surface area (Å²) in [5, 5.41) is 2.91. The minimum absolute atomic E-state index is 0.126. The minimum Gasteiger partial charge on any atom is -0.492 e. The molecule has 0 atom stereocenters. The molecule has 0 aliphatic carbocycles. The van der Waals surface area contributed by atoms with Crippen molar-refractivity contribution in [3.63, 3.8) is 0 Å². The van der Waals surface area contributed by atoms with Crippen LogP contribution in [-0.4, -0.2) is 61.4 Å². The Morgan fingerprint density at radius 1 is 0.950 bits per heavy atom. The van der Waals surface area contributed by atoms with Crippen LogP contribution in [0.5, 0.6) is 17.2 Å². The number of para-hydroxylation sites is 2. The summed E-state index contributed by atoms with van der Waals surface area (Å²) in [6.45, 7) is 8.13. The number of rotatable bonds is 14. The zero-order valence-electron chi connectivity index (χ0n) is 23.3. The lowest BCUT2D eigenvalue weighted by Crippen LogP contribution is -2.44. The lowest BCUT2D eigenvalue weighted by molar-refractivity contribution is -0.133. The fourth-order valence-corrected chi connectivity index (χ4v) is 4.31. The Kier molecular flexibility index (Phi) is 10.3. The van der Waals surface area contributed by atoms with Crippen LogP contribution in [0.3, 0.4) is 0 Å². The van der Waals surface area contributed by atoms with E-state index in [0.717, 1.165) is 11.3 Å². The third kappa shape index (κ3) is 7.92. The van der Waals surface area contributed by atoms with Crippen LogP contribution in [0.4, 0.5) is 10.5 Å². The van der Waals surface area contributed by atoms with E-state index in [1.807, 2.05) is 63.2 Å². The molecule has 0 spiro atoms. The monoisotopic (exact) mass is 551 g/mol. The number of anilines is 1. The highest BCUT2D eigenvalue weighted by Crippen LogP contribution is 2.33. The Bertz CT molecular complexity index is 1280. The van der Waals surface area contributed by atoms with Crippen molar-refractivity contribution in [2.75, 3.05) is 45.0 Å². The first kappa shape index (κ1) is 28.8. The van der Waals surface area contributed by atoms with Crippen molar-refractivity contribution in [2.24, 2.45) is 0 Å². The summed E-state index contributed by atoms with van der Waals surface area (Å²) in [6.07, 6.45) is 0.585. The number of hydrogen-bond donors (Lipinski definition) is 1. The number of nitrogens with zero attached hydrogens (tertiary/aromatic N) is 2. The summed E-state index contributed by atoms with van der Waals surface area (Å²) in [5.41, 5.74) is 1.42. The van der Waals surface area contributed by atoms with Crippen LogP contribution in [-0.2, 0) is 22.6 Å². The largest absolute Gasteiger partial charge is 0.492 e. The van der Waals surface area contributed by atoms with E-state index in [2.05, 4.69) is 5.32 Å². The fraction of sp³-hybridized carbons (Fsp3) is 0.400. The van der Waals surface area contributed by atoms with Crippen molar-refractivity contribution >= 4 is 17.6 Å². The average Bonchev–Trinajstić information content (AvgIpc) is 3.59. The van der Waals surface area contributed by atoms with Crippen LogP contribution in [0.1, 0.15) is 37.4 Å². The molecular formula is C30H37N3O7. The van der Waals surface area contributed by atoms with E-state index >= 15 is 0 Å². The molecule has 1 aromatic heterocycles. The van der Waals surface area contributed by atoms with E-state index in [-0.39, 0.29) is 25.8 Å². The highest BCUT2D eigenvalue weighted by Gasteiger charge is 2.24. The van der Waals surface area contributed by atoms with Crippen molar-refractivity contribution in [1.82, 2.24) is 9.80 Å². The lowest BCUT2D eigenvalue weighted by Gasteiger charge is -2.28. The smallest absolute Gasteiger partial charge is 0.322 e. The molecule has 1 aliphatic rings. The van der Waals surface area contributed by atoms with Crippen LogP contribution < -0.4 is 19.5 Å². The summed E-state index contributed by atoms with van der Waals surface area (Å²) < 4.78 is 27.8. The number of amides is 3. The highest BCUT2D eigenvalue weighted by molar-refractivity contribution is 5.93. The van der Waals surface area contributed by atoms with Gasteiger partial charge in [0.25, 0.3) is 0 Å². The van der Waals surface area contributed by atoms with Gasteiger partial charge in [-0.1, -0.05) is 18.2 Å². The first-order chi connectivity index (χ1) is 19.5. The molecule has 0 saturated heterocycles. The Labute approximate surface area is 234 Å². The van der Waals surface area contributed by atoms with E-state index in [9.17, 15) is 9.59 Å². The molecule has 10 heteroatoms. The average molecular weight is 552 g/mol. The molecule has 2 heterocycles. The summed E-state index contributed by atoms with van der Waals surface area (Å²) in [6, 6.07) is 16.2. The van der Waals surface area contributed by atoms with Crippen molar-refractivity contribution in [2.45, 2.75) is 40.3 Å². The van der Waals surface area contributed by atoms with Crippen LogP contribution in [0.2, 0.25) is 0 Å². The van der Waals surface area contributed by atoms with Gasteiger partial charge in [-0.3, -0.25) is 4.79 Å². The molecule has 3 amide bonds. The zero-order chi connectivity index (χ0) is 28.3. The summed E-state index contributed by atoms with van der Waals surface area (Å²) in [4.78, 5) is 30.4. The maximum Gasteiger partial charge on any atom is 0.322 e. The molecule has 214 valence electrons. The maximum atomic E-state index is 13.8. The molecule has 2 aromatic carbocycles. The molecule has 1 aliphatic heterocycles. The van der Waals surface area contributed by atoms with E-state index in [0.29, 0.717) is 68.0 Å². The highest BCUT2D eigenvalue weighted by atomic mass is 16.7. The predicted molar refractivity (Wildman–Crippen MR) is 150 cm³/mol. The summed E-state index contributed by atoms with van der Waals surface area (Å²) in [7, 11) is 0. The molecule has 0 unspecified atom stereocenters. The molecule has 0 bridgehead atoms. The number of benzene rings is 2. The van der Waals surface area contributed by atoms with Gasteiger partial charge in [0.2, 0.25) is 12.7 Å². The Morgan fingerprint density at radius 2 is 1.77 bits per heavy atom. The molecule has 10 nitrogen and oxygen atoms in total. The van der Waals surface area contributed by atoms with Gasteiger partial charge in [0.15, 0.2) is 11.5 Å². The Balaban J connectivity index is 1.52. The minimum atomic E-state index is -0.395. The molecule has 1 N–H and O–H groups in total. The van der Waals surface area contributed by atoms with Gasteiger partial charge >= 0.3 is 6.03 Å². The van der Waals surface area contributed by atoms with Gasteiger partial charge in [-0.25, -0.2) is 4.79 Å². The molecular weight excluding hydrogens is 514 g/mol. The fourth-order valence-electron chi connectivity index (χ4n) is 4.31. The van der Waals surface area contributed by atoms with Crippen LogP contribution in [0.15, 0.2) is 59.0 Å². The second-order valence-electron chi connectivity index (χ2n) is 9.28. The number of carbonyl (C=O) groups is 2. The number of aryl methyl sites for hydroxylation is 1.